The topological polar surface area (TPSA) is 71.4 Å². The molecule has 118 valence electrons. The molecule has 0 spiro atoms. The van der Waals surface area contributed by atoms with Crippen LogP contribution in [0.15, 0.2) is 58.3 Å². The highest BCUT2D eigenvalue weighted by Crippen LogP contribution is 2.25. The van der Waals surface area contributed by atoms with Gasteiger partial charge >= 0.3 is 5.97 Å². The first kappa shape index (κ1) is 17.3. The Morgan fingerprint density at radius 2 is 1.30 bits per heavy atom. The first-order valence-corrected chi connectivity index (χ1v) is 8.49. The number of thioether (sulfide) groups is 2. The predicted octanol–water partition coefficient (Wildman–Crippen LogP) is 4.35. The van der Waals surface area contributed by atoms with Crippen LogP contribution in [0.2, 0.25) is 0 Å². The molecule has 0 saturated carbocycles. The van der Waals surface area contributed by atoms with E-state index in [0.717, 1.165) is 28.4 Å². The molecule has 2 aromatic rings. The van der Waals surface area contributed by atoms with Crippen molar-refractivity contribution in [1.29, 1.82) is 0 Å². The number of benzene rings is 2. The van der Waals surface area contributed by atoms with Crippen molar-refractivity contribution in [2.75, 3.05) is 0 Å². The van der Waals surface area contributed by atoms with Gasteiger partial charge in [0, 0.05) is 21.8 Å². The van der Waals surface area contributed by atoms with E-state index in [1.165, 1.54) is 12.1 Å². The molecule has 0 saturated heterocycles. The van der Waals surface area contributed by atoms with Crippen LogP contribution in [-0.2, 0) is 4.79 Å². The largest absolute Gasteiger partial charge is 0.478 e. The van der Waals surface area contributed by atoms with E-state index in [1.54, 1.807) is 43.3 Å². The molecule has 0 aromatic heterocycles. The summed E-state index contributed by atoms with van der Waals surface area (Å²) in [7, 11) is 0. The van der Waals surface area contributed by atoms with Crippen LogP contribution in [0, 0.1) is 0 Å². The maximum Gasteiger partial charge on any atom is 0.335 e. The number of carboxylic acid groups (broad SMARTS) is 1. The highest BCUT2D eigenvalue weighted by atomic mass is 32.2. The zero-order valence-electron chi connectivity index (χ0n) is 12.3. The van der Waals surface area contributed by atoms with Gasteiger partial charge in [-0.2, -0.15) is 0 Å². The standard InChI is InChI=1S/C17H14O4S2/c1-2-15(18)22-13-9-5-12(6-10-13)17(21)23-14-7-3-11(4-8-14)16(19)20/h3-10H,2H2,1H3,(H,19,20). The zero-order valence-corrected chi connectivity index (χ0v) is 13.9. The molecule has 0 heterocycles. The summed E-state index contributed by atoms with van der Waals surface area (Å²) in [6.07, 6.45) is 0.466. The van der Waals surface area contributed by atoms with Gasteiger partial charge in [-0.05, 0) is 60.3 Å². The minimum Gasteiger partial charge on any atom is -0.478 e. The molecule has 0 radical (unpaired) electrons. The van der Waals surface area contributed by atoms with Crippen molar-refractivity contribution in [1.82, 2.24) is 0 Å². The third kappa shape index (κ3) is 4.97. The number of aromatic carboxylic acids is 1. The van der Waals surface area contributed by atoms with E-state index in [2.05, 4.69) is 0 Å². The Kier molecular flexibility index (Phi) is 6.01. The van der Waals surface area contributed by atoms with E-state index in [0.29, 0.717) is 16.9 Å². The Hall–Kier alpha value is -2.05. The van der Waals surface area contributed by atoms with Gasteiger partial charge in [0.2, 0.25) is 5.12 Å². The number of hydrogen-bond acceptors (Lipinski definition) is 5. The van der Waals surface area contributed by atoms with Crippen molar-refractivity contribution in [3.05, 3.63) is 59.7 Å². The summed E-state index contributed by atoms with van der Waals surface area (Å²) in [4.78, 5) is 35.8. The molecule has 0 aliphatic heterocycles. The second-order valence-electron chi connectivity index (χ2n) is 4.57. The van der Waals surface area contributed by atoms with Gasteiger partial charge in [-0.15, -0.1) is 0 Å². The van der Waals surface area contributed by atoms with Crippen LogP contribution in [-0.4, -0.2) is 21.3 Å². The molecule has 23 heavy (non-hydrogen) atoms. The Morgan fingerprint density at radius 1 is 0.826 bits per heavy atom. The maximum atomic E-state index is 12.2. The van der Waals surface area contributed by atoms with Crippen molar-refractivity contribution in [3.63, 3.8) is 0 Å². The van der Waals surface area contributed by atoms with Crippen molar-refractivity contribution in [3.8, 4) is 0 Å². The predicted molar refractivity (Wildman–Crippen MR) is 91.2 cm³/mol. The minimum absolute atomic E-state index is 0.0805. The zero-order chi connectivity index (χ0) is 16.8. The van der Waals surface area contributed by atoms with E-state index in [1.807, 2.05) is 0 Å². The van der Waals surface area contributed by atoms with Crippen LogP contribution in [0.25, 0.3) is 0 Å². The molecule has 2 rings (SSSR count). The monoisotopic (exact) mass is 346 g/mol. The lowest BCUT2D eigenvalue weighted by Gasteiger charge is -2.03. The summed E-state index contributed by atoms with van der Waals surface area (Å²) in [6, 6.07) is 13.0. The van der Waals surface area contributed by atoms with Gasteiger partial charge in [-0.1, -0.05) is 18.7 Å². The maximum absolute atomic E-state index is 12.2. The SMILES string of the molecule is CCC(=O)Sc1ccc(C(=O)Sc2ccc(C(=O)O)cc2)cc1. The molecule has 0 fully saturated rings. The van der Waals surface area contributed by atoms with Gasteiger partial charge in [0.25, 0.3) is 0 Å². The fourth-order valence-electron chi connectivity index (χ4n) is 1.69. The Morgan fingerprint density at radius 3 is 1.78 bits per heavy atom. The Balaban J connectivity index is 2.02. The normalized spacial score (nSPS) is 10.3. The Labute approximate surface area is 142 Å². The number of carbonyl (C=O) groups is 3. The van der Waals surface area contributed by atoms with Crippen molar-refractivity contribution in [2.45, 2.75) is 23.1 Å². The fraction of sp³-hybridized carbons (Fsp3) is 0.118. The highest BCUT2D eigenvalue weighted by molar-refractivity contribution is 8.14. The lowest BCUT2D eigenvalue weighted by molar-refractivity contribution is -0.110. The number of rotatable bonds is 5. The Bertz CT molecular complexity index is 721. The average Bonchev–Trinajstić information content (AvgIpc) is 2.55. The quantitative estimate of drug-likeness (QED) is 0.812. The molecule has 2 aromatic carbocycles. The van der Waals surface area contributed by atoms with Crippen molar-refractivity contribution < 1.29 is 19.5 Å². The second-order valence-corrected chi connectivity index (χ2v) is 6.75. The van der Waals surface area contributed by atoms with E-state index < -0.39 is 5.97 Å². The van der Waals surface area contributed by atoms with Gasteiger partial charge < -0.3 is 5.11 Å². The van der Waals surface area contributed by atoms with Gasteiger partial charge in [-0.3, -0.25) is 9.59 Å². The summed E-state index contributed by atoms with van der Waals surface area (Å²) in [5.74, 6) is -0.998. The van der Waals surface area contributed by atoms with Crippen molar-refractivity contribution in [2.24, 2.45) is 0 Å². The molecule has 0 aliphatic rings. The third-order valence-electron chi connectivity index (χ3n) is 2.92. The van der Waals surface area contributed by atoms with E-state index in [4.69, 9.17) is 5.11 Å². The molecule has 4 nitrogen and oxygen atoms in total. The first-order valence-electron chi connectivity index (χ1n) is 6.86. The molecule has 0 bridgehead atoms. The number of hydrogen-bond donors (Lipinski definition) is 1. The van der Waals surface area contributed by atoms with Crippen LogP contribution in [0.4, 0.5) is 0 Å². The summed E-state index contributed by atoms with van der Waals surface area (Å²) in [6.45, 7) is 1.81. The number of carbonyl (C=O) groups excluding carboxylic acids is 2. The summed E-state index contributed by atoms with van der Waals surface area (Å²) < 4.78 is 0. The van der Waals surface area contributed by atoms with E-state index >= 15 is 0 Å². The molecule has 6 heteroatoms. The molecular formula is C17H14O4S2. The van der Waals surface area contributed by atoms with E-state index in [9.17, 15) is 14.4 Å². The number of carboxylic acids is 1. The lowest BCUT2D eigenvalue weighted by Crippen LogP contribution is -1.96. The highest BCUT2D eigenvalue weighted by Gasteiger charge is 2.10. The van der Waals surface area contributed by atoms with Gasteiger partial charge in [0.15, 0.2) is 5.12 Å². The molecule has 0 atom stereocenters. The molecule has 0 aliphatic carbocycles. The van der Waals surface area contributed by atoms with Gasteiger partial charge in [0.05, 0.1) is 5.56 Å². The molecule has 0 unspecified atom stereocenters. The minimum atomic E-state index is -0.998. The van der Waals surface area contributed by atoms with Crippen LogP contribution in [0.1, 0.15) is 34.1 Å². The van der Waals surface area contributed by atoms with Crippen LogP contribution >= 0.6 is 23.5 Å². The molecule has 1 N–H and O–H groups in total. The average molecular weight is 346 g/mol. The molecule has 0 amide bonds. The van der Waals surface area contributed by atoms with Crippen LogP contribution in [0.5, 0.6) is 0 Å². The van der Waals surface area contributed by atoms with Gasteiger partial charge in [0.1, 0.15) is 0 Å². The summed E-state index contributed by atoms with van der Waals surface area (Å²) in [5, 5.41) is 8.79. The van der Waals surface area contributed by atoms with E-state index in [-0.39, 0.29) is 15.8 Å². The lowest BCUT2D eigenvalue weighted by atomic mass is 10.2. The third-order valence-corrected chi connectivity index (χ3v) is 4.88. The second kappa shape index (κ2) is 7.99. The van der Waals surface area contributed by atoms with Crippen molar-refractivity contribution >= 4 is 39.7 Å². The molecular weight excluding hydrogens is 332 g/mol. The van der Waals surface area contributed by atoms with Crippen LogP contribution in [0.3, 0.4) is 0 Å². The van der Waals surface area contributed by atoms with Crippen LogP contribution < -0.4 is 0 Å². The summed E-state index contributed by atoms with van der Waals surface area (Å²) in [5.41, 5.74) is 0.717. The summed E-state index contributed by atoms with van der Waals surface area (Å²) >= 11 is 2.20. The fourth-order valence-corrected chi connectivity index (χ4v) is 3.11. The smallest absolute Gasteiger partial charge is 0.335 e. The first-order chi connectivity index (χ1) is 11.0. The van der Waals surface area contributed by atoms with Gasteiger partial charge in [-0.25, -0.2) is 4.79 Å².